The second-order valence-electron chi connectivity index (χ2n) is 4.37. The highest BCUT2D eigenvalue weighted by Gasteiger charge is 2.04. The van der Waals surface area contributed by atoms with Crippen molar-refractivity contribution in [3.8, 4) is 0 Å². The highest BCUT2D eigenvalue weighted by atomic mass is 15.1. The molecule has 0 saturated heterocycles. The van der Waals surface area contributed by atoms with Crippen LogP contribution < -0.4 is 5.73 Å². The zero-order chi connectivity index (χ0) is 12.5. The van der Waals surface area contributed by atoms with Crippen LogP contribution in [0, 0.1) is 6.92 Å². The molecule has 90 valence electrons. The van der Waals surface area contributed by atoms with Crippen molar-refractivity contribution in [2.45, 2.75) is 13.5 Å². The Kier molecular flexibility index (Phi) is 2.48. The predicted octanol–water partition coefficient (Wildman–Crippen LogP) is 2.37. The number of fused-ring (bicyclic) bond motifs is 1. The quantitative estimate of drug-likeness (QED) is 0.745. The van der Waals surface area contributed by atoms with Gasteiger partial charge < -0.3 is 10.3 Å². The molecule has 2 aromatic heterocycles. The Morgan fingerprint density at radius 3 is 2.89 bits per heavy atom. The van der Waals surface area contributed by atoms with Crippen LogP contribution >= 0.6 is 0 Å². The standard InChI is InChI=1S/C14H14N4/c1-10-8-17-14(15)18(10)9-11-4-5-13-12(7-11)3-2-6-16-13/h2-8H,9H2,1H3,(H2,15,17). The average molecular weight is 238 g/mol. The Bertz CT molecular complexity index is 680. The van der Waals surface area contributed by atoms with E-state index in [4.69, 9.17) is 5.73 Å². The first-order valence-corrected chi connectivity index (χ1v) is 5.85. The first-order valence-electron chi connectivity index (χ1n) is 5.85. The van der Waals surface area contributed by atoms with Crippen LogP contribution in [0.1, 0.15) is 11.3 Å². The molecule has 0 aliphatic carbocycles. The van der Waals surface area contributed by atoms with Gasteiger partial charge in [0.2, 0.25) is 5.95 Å². The number of hydrogen-bond donors (Lipinski definition) is 1. The van der Waals surface area contributed by atoms with E-state index < -0.39 is 0 Å². The fraction of sp³-hybridized carbons (Fsp3) is 0.143. The van der Waals surface area contributed by atoms with Gasteiger partial charge in [0.05, 0.1) is 18.3 Å². The molecule has 0 unspecified atom stereocenters. The van der Waals surface area contributed by atoms with Crippen molar-refractivity contribution in [3.63, 3.8) is 0 Å². The monoisotopic (exact) mass is 238 g/mol. The lowest BCUT2D eigenvalue weighted by Gasteiger charge is -2.08. The van der Waals surface area contributed by atoms with Crippen molar-refractivity contribution >= 4 is 16.9 Å². The zero-order valence-corrected chi connectivity index (χ0v) is 10.2. The van der Waals surface area contributed by atoms with E-state index in [1.54, 1.807) is 12.4 Å². The fourth-order valence-electron chi connectivity index (χ4n) is 2.09. The molecule has 1 aromatic carbocycles. The van der Waals surface area contributed by atoms with Crippen molar-refractivity contribution in [3.05, 3.63) is 54.0 Å². The molecule has 3 aromatic rings. The highest BCUT2D eigenvalue weighted by molar-refractivity contribution is 5.78. The van der Waals surface area contributed by atoms with Crippen LogP contribution in [0.25, 0.3) is 10.9 Å². The van der Waals surface area contributed by atoms with E-state index in [1.807, 2.05) is 23.6 Å². The van der Waals surface area contributed by atoms with Crippen LogP contribution in [-0.2, 0) is 6.54 Å². The van der Waals surface area contributed by atoms with Crippen molar-refractivity contribution in [1.82, 2.24) is 14.5 Å². The van der Waals surface area contributed by atoms with Crippen molar-refractivity contribution < 1.29 is 0 Å². The summed E-state index contributed by atoms with van der Waals surface area (Å²) in [4.78, 5) is 8.41. The first kappa shape index (κ1) is 10.8. The molecule has 4 nitrogen and oxygen atoms in total. The Labute approximate surface area is 105 Å². The van der Waals surface area contributed by atoms with Gasteiger partial charge in [0, 0.05) is 17.3 Å². The number of nitrogens with two attached hydrogens (primary N) is 1. The number of benzene rings is 1. The molecule has 0 saturated carbocycles. The third kappa shape index (κ3) is 1.82. The van der Waals surface area contributed by atoms with Gasteiger partial charge in [-0.15, -0.1) is 0 Å². The van der Waals surface area contributed by atoms with E-state index in [0.29, 0.717) is 5.95 Å². The van der Waals surface area contributed by atoms with Gasteiger partial charge in [0.1, 0.15) is 0 Å². The van der Waals surface area contributed by atoms with Crippen molar-refractivity contribution in [1.29, 1.82) is 0 Å². The highest BCUT2D eigenvalue weighted by Crippen LogP contribution is 2.16. The molecule has 0 bridgehead atoms. The third-order valence-corrected chi connectivity index (χ3v) is 3.09. The van der Waals surface area contributed by atoms with Crippen molar-refractivity contribution in [2.24, 2.45) is 0 Å². The first-order chi connectivity index (χ1) is 8.74. The van der Waals surface area contributed by atoms with E-state index in [2.05, 4.69) is 28.2 Å². The summed E-state index contributed by atoms with van der Waals surface area (Å²) in [6.45, 7) is 2.74. The molecule has 18 heavy (non-hydrogen) atoms. The number of nitrogens with zero attached hydrogens (tertiary/aromatic N) is 3. The molecule has 0 spiro atoms. The zero-order valence-electron chi connectivity index (χ0n) is 10.2. The molecule has 0 fully saturated rings. The third-order valence-electron chi connectivity index (χ3n) is 3.09. The molecular weight excluding hydrogens is 224 g/mol. The molecule has 2 heterocycles. The Balaban J connectivity index is 2.00. The minimum absolute atomic E-state index is 0.554. The summed E-state index contributed by atoms with van der Waals surface area (Å²) < 4.78 is 2.00. The largest absolute Gasteiger partial charge is 0.369 e. The summed E-state index contributed by atoms with van der Waals surface area (Å²) in [6.07, 6.45) is 3.60. The molecule has 0 radical (unpaired) electrons. The van der Waals surface area contributed by atoms with E-state index in [-0.39, 0.29) is 0 Å². The minimum atomic E-state index is 0.554. The molecule has 4 heteroatoms. The summed E-state index contributed by atoms with van der Waals surface area (Å²) in [5, 5.41) is 1.14. The maximum absolute atomic E-state index is 5.84. The normalized spacial score (nSPS) is 10.9. The second-order valence-corrected chi connectivity index (χ2v) is 4.37. The minimum Gasteiger partial charge on any atom is -0.369 e. The SMILES string of the molecule is Cc1cnc(N)n1Cc1ccc2ncccc2c1. The second kappa shape index (κ2) is 4.14. The summed E-state index contributed by atoms with van der Waals surface area (Å²) in [7, 11) is 0. The van der Waals surface area contributed by atoms with Crippen LogP contribution in [0.4, 0.5) is 5.95 Å². The predicted molar refractivity (Wildman–Crippen MR) is 72.2 cm³/mol. The van der Waals surface area contributed by atoms with E-state index in [1.165, 1.54) is 5.56 Å². The number of anilines is 1. The maximum atomic E-state index is 5.84. The lowest BCUT2D eigenvalue weighted by molar-refractivity contribution is 0.784. The Hall–Kier alpha value is -2.36. The Morgan fingerprint density at radius 2 is 2.11 bits per heavy atom. The lowest BCUT2D eigenvalue weighted by atomic mass is 10.1. The van der Waals surface area contributed by atoms with Crippen molar-refractivity contribution in [2.75, 3.05) is 5.73 Å². The summed E-state index contributed by atoms with van der Waals surface area (Å²) in [5.41, 5.74) is 9.12. The molecule has 0 atom stereocenters. The number of imidazole rings is 1. The van der Waals surface area contributed by atoms with Gasteiger partial charge in [-0.2, -0.15) is 0 Å². The summed E-state index contributed by atoms with van der Waals surface area (Å²) in [6, 6.07) is 10.3. The molecule has 3 rings (SSSR count). The van der Waals surface area contributed by atoms with Gasteiger partial charge in [-0.3, -0.25) is 4.98 Å². The molecule has 0 amide bonds. The van der Waals surface area contributed by atoms with Crippen LogP contribution in [0.2, 0.25) is 0 Å². The van der Waals surface area contributed by atoms with Gasteiger partial charge in [-0.25, -0.2) is 4.98 Å². The average Bonchev–Trinajstić information content (AvgIpc) is 2.70. The topological polar surface area (TPSA) is 56.7 Å². The van der Waals surface area contributed by atoms with E-state index >= 15 is 0 Å². The van der Waals surface area contributed by atoms with Gasteiger partial charge in [0.15, 0.2) is 0 Å². The van der Waals surface area contributed by atoms with E-state index in [0.717, 1.165) is 23.1 Å². The van der Waals surface area contributed by atoms with Gasteiger partial charge in [0.25, 0.3) is 0 Å². The summed E-state index contributed by atoms with van der Waals surface area (Å²) in [5.74, 6) is 0.554. The number of rotatable bonds is 2. The number of nitrogen functional groups attached to an aromatic ring is 1. The maximum Gasteiger partial charge on any atom is 0.200 e. The number of aromatic nitrogens is 3. The van der Waals surface area contributed by atoms with Crippen LogP contribution in [-0.4, -0.2) is 14.5 Å². The van der Waals surface area contributed by atoms with Gasteiger partial charge >= 0.3 is 0 Å². The number of aryl methyl sites for hydroxylation is 1. The molecular formula is C14H14N4. The van der Waals surface area contributed by atoms with Crippen LogP contribution in [0.15, 0.2) is 42.7 Å². The number of hydrogen-bond acceptors (Lipinski definition) is 3. The van der Waals surface area contributed by atoms with Gasteiger partial charge in [-0.1, -0.05) is 12.1 Å². The fourth-order valence-corrected chi connectivity index (χ4v) is 2.09. The van der Waals surface area contributed by atoms with E-state index in [9.17, 15) is 0 Å². The molecule has 2 N–H and O–H groups in total. The van der Waals surface area contributed by atoms with Crippen LogP contribution in [0.5, 0.6) is 0 Å². The van der Waals surface area contributed by atoms with Crippen LogP contribution in [0.3, 0.4) is 0 Å². The van der Waals surface area contributed by atoms with Gasteiger partial charge in [-0.05, 0) is 30.7 Å². The molecule has 0 aliphatic rings. The smallest absolute Gasteiger partial charge is 0.200 e. The number of pyridine rings is 1. The lowest BCUT2D eigenvalue weighted by Crippen LogP contribution is -2.06. The molecule has 0 aliphatic heterocycles. The summed E-state index contributed by atoms with van der Waals surface area (Å²) >= 11 is 0. The Morgan fingerprint density at radius 1 is 1.22 bits per heavy atom.